The van der Waals surface area contributed by atoms with Crippen LogP contribution in [0.4, 0.5) is 54.8 Å². The number of methoxy groups -OCH3 is 1. The fourth-order valence-corrected chi connectivity index (χ4v) is 4.83. The molecule has 6 nitrogen and oxygen atoms in total. The molecule has 0 N–H and O–H groups in total. The monoisotopic (exact) mass is 628 g/mol. The van der Waals surface area contributed by atoms with Crippen LogP contribution in [0, 0.1) is 0 Å². The summed E-state index contributed by atoms with van der Waals surface area (Å²) in [6.45, 7) is 5.50. The quantitative estimate of drug-likeness (QED) is 0.317. The number of halogens is 9. The van der Waals surface area contributed by atoms with Crippen LogP contribution in [-0.2, 0) is 34.5 Å². The maximum Gasteiger partial charge on any atom is 0.416 e. The van der Waals surface area contributed by atoms with E-state index in [0.717, 1.165) is 29.0 Å². The first kappa shape index (κ1) is 33.8. The molecule has 2 aromatic rings. The summed E-state index contributed by atoms with van der Waals surface area (Å²) in [6, 6.07) is 1.04. The highest BCUT2D eigenvalue weighted by atomic mass is 19.4. The lowest BCUT2D eigenvalue weighted by Gasteiger charge is -2.44. The number of fused-ring (bicyclic) bond motifs is 1. The average Bonchev–Trinajstić information content (AvgIpc) is 2.87. The molecule has 0 aliphatic carbocycles. The number of hydrogen-bond acceptors (Lipinski definition) is 4. The van der Waals surface area contributed by atoms with Crippen molar-refractivity contribution in [3.63, 3.8) is 0 Å². The molecular formula is C28H29F9N2O4. The van der Waals surface area contributed by atoms with Crippen LogP contribution in [0.5, 0.6) is 0 Å². The molecule has 1 aliphatic rings. The summed E-state index contributed by atoms with van der Waals surface area (Å²) >= 11 is 0. The molecule has 2 aromatic carbocycles. The molecule has 2 amide bonds. The van der Waals surface area contributed by atoms with Crippen molar-refractivity contribution >= 4 is 17.9 Å². The Morgan fingerprint density at radius 2 is 1.40 bits per heavy atom. The normalized spacial score (nSPS) is 17.8. The second kappa shape index (κ2) is 11.8. The molecule has 43 heavy (non-hydrogen) atoms. The molecule has 0 saturated carbocycles. The summed E-state index contributed by atoms with van der Waals surface area (Å²) in [6.07, 6.45) is -17.4. The molecule has 0 bridgehead atoms. The average molecular weight is 629 g/mol. The Morgan fingerprint density at radius 3 is 1.84 bits per heavy atom. The lowest BCUT2D eigenvalue weighted by molar-refractivity contribution is -0.143. The van der Waals surface area contributed by atoms with Gasteiger partial charge in [-0.05, 0) is 81.1 Å². The molecule has 2 atom stereocenters. The van der Waals surface area contributed by atoms with Crippen molar-refractivity contribution in [1.82, 2.24) is 4.90 Å². The molecule has 238 valence electrons. The van der Waals surface area contributed by atoms with E-state index in [-0.39, 0.29) is 30.2 Å². The topological polar surface area (TPSA) is 59.1 Å². The van der Waals surface area contributed by atoms with Crippen LogP contribution < -0.4 is 4.90 Å². The highest BCUT2D eigenvalue weighted by molar-refractivity contribution is 5.91. The highest BCUT2D eigenvalue weighted by Crippen LogP contribution is 2.46. The van der Waals surface area contributed by atoms with Crippen molar-refractivity contribution in [1.29, 1.82) is 0 Å². The Bertz CT molecular complexity index is 1320. The fourth-order valence-electron chi connectivity index (χ4n) is 4.83. The maximum absolute atomic E-state index is 13.8. The van der Waals surface area contributed by atoms with Crippen molar-refractivity contribution in [3.8, 4) is 0 Å². The van der Waals surface area contributed by atoms with Crippen LogP contribution in [0.3, 0.4) is 0 Å². The highest BCUT2D eigenvalue weighted by Gasteiger charge is 2.44. The van der Waals surface area contributed by atoms with Crippen LogP contribution in [0.25, 0.3) is 0 Å². The van der Waals surface area contributed by atoms with Crippen molar-refractivity contribution in [2.45, 2.75) is 83.3 Å². The van der Waals surface area contributed by atoms with Crippen LogP contribution in [-0.4, -0.2) is 35.8 Å². The molecule has 0 saturated heterocycles. The molecule has 0 radical (unpaired) electrons. The molecule has 0 aromatic heterocycles. The van der Waals surface area contributed by atoms with Gasteiger partial charge in [0.05, 0.1) is 35.5 Å². The first-order chi connectivity index (χ1) is 19.6. The number of carbonyl (C=O) groups is 2. The van der Waals surface area contributed by atoms with E-state index in [1.807, 2.05) is 0 Å². The van der Waals surface area contributed by atoms with E-state index < -0.39 is 77.2 Å². The van der Waals surface area contributed by atoms with Gasteiger partial charge in [-0.15, -0.1) is 0 Å². The van der Waals surface area contributed by atoms with Crippen LogP contribution in [0.15, 0.2) is 36.4 Å². The Labute approximate surface area is 241 Å². The zero-order chi connectivity index (χ0) is 32.7. The van der Waals surface area contributed by atoms with Crippen molar-refractivity contribution in [2.24, 2.45) is 0 Å². The fraction of sp³-hybridized carbons (Fsp3) is 0.500. The van der Waals surface area contributed by atoms with Crippen molar-refractivity contribution in [3.05, 3.63) is 64.2 Å². The zero-order valence-electron chi connectivity index (χ0n) is 23.7. The summed E-state index contributed by atoms with van der Waals surface area (Å²) in [5.74, 6) is 0. The molecule has 3 rings (SSSR count). The predicted octanol–water partition coefficient (Wildman–Crippen LogP) is 8.98. The Hall–Kier alpha value is -3.65. The van der Waals surface area contributed by atoms with Crippen molar-refractivity contribution < 1.29 is 58.6 Å². The summed E-state index contributed by atoms with van der Waals surface area (Å²) < 4.78 is 133. The van der Waals surface area contributed by atoms with E-state index in [1.165, 1.54) is 0 Å². The Kier molecular flexibility index (Phi) is 9.28. The summed E-state index contributed by atoms with van der Waals surface area (Å²) in [7, 11) is 0.906. The van der Waals surface area contributed by atoms with E-state index in [4.69, 9.17) is 9.47 Å². The smallest absolute Gasteiger partial charge is 0.416 e. The van der Waals surface area contributed by atoms with Gasteiger partial charge in [0.2, 0.25) is 0 Å². The van der Waals surface area contributed by atoms with Gasteiger partial charge >= 0.3 is 30.7 Å². The van der Waals surface area contributed by atoms with E-state index >= 15 is 0 Å². The van der Waals surface area contributed by atoms with Gasteiger partial charge in [0.1, 0.15) is 5.60 Å². The summed E-state index contributed by atoms with van der Waals surface area (Å²) in [4.78, 5) is 28.1. The Morgan fingerprint density at radius 1 is 0.860 bits per heavy atom. The first-order valence-corrected chi connectivity index (χ1v) is 12.9. The SMILES string of the molecule is CC[C@H]1C[C@@H](N(Cc2cc(C(F)(F)F)cc(C(F)(F)F)c2)C(=O)OC)c2cc(C(F)(F)F)ccc2N1C(=O)OC(C)(C)C. The molecular weight excluding hydrogens is 599 g/mol. The van der Waals surface area contributed by atoms with E-state index in [0.29, 0.717) is 18.2 Å². The molecule has 15 heteroatoms. The minimum atomic E-state index is -5.17. The van der Waals surface area contributed by atoms with E-state index in [2.05, 4.69) is 0 Å². The third kappa shape index (κ3) is 7.85. The lowest BCUT2D eigenvalue weighted by atomic mass is 9.87. The third-order valence-corrected chi connectivity index (χ3v) is 6.68. The second-order valence-electron chi connectivity index (χ2n) is 10.9. The second-order valence-corrected chi connectivity index (χ2v) is 10.9. The van der Waals surface area contributed by atoms with E-state index in [1.54, 1.807) is 27.7 Å². The minimum Gasteiger partial charge on any atom is -0.453 e. The van der Waals surface area contributed by atoms with E-state index in [9.17, 15) is 49.1 Å². The number of ether oxygens (including phenoxy) is 2. The van der Waals surface area contributed by atoms with Gasteiger partial charge < -0.3 is 9.47 Å². The van der Waals surface area contributed by atoms with Crippen LogP contribution in [0.2, 0.25) is 0 Å². The lowest BCUT2D eigenvalue weighted by Crippen LogP contribution is -2.50. The number of amides is 2. The van der Waals surface area contributed by atoms with Gasteiger partial charge in [0.15, 0.2) is 0 Å². The third-order valence-electron chi connectivity index (χ3n) is 6.68. The molecule has 0 fully saturated rings. The number of hydrogen-bond donors (Lipinski definition) is 0. The summed E-state index contributed by atoms with van der Waals surface area (Å²) in [5.41, 5.74) is -6.29. The number of alkyl halides is 9. The molecule has 1 heterocycles. The molecule has 0 unspecified atom stereocenters. The first-order valence-electron chi connectivity index (χ1n) is 12.9. The number of carbonyl (C=O) groups excluding carboxylic acids is 2. The largest absolute Gasteiger partial charge is 0.453 e. The van der Waals surface area contributed by atoms with Gasteiger partial charge in [0, 0.05) is 12.6 Å². The van der Waals surface area contributed by atoms with Crippen LogP contribution in [0.1, 0.15) is 74.4 Å². The summed E-state index contributed by atoms with van der Waals surface area (Å²) in [5, 5.41) is 0. The van der Waals surface area contributed by atoms with Gasteiger partial charge in [-0.25, -0.2) is 9.59 Å². The molecule has 0 spiro atoms. The number of benzene rings is 2. The standard InChI is InChI=1S/C28H29F9N2O4/c1-6-19-13-22(20-12-16(26(29,30)31)7-8-21(20)39(19)24(41)43-25(2,3)4)38(23(40)42-5)14-15-9-17(27(32,33)34)11-18(10-15)28(35,36)37/h7-12,19,22H,6,13-14H2,1-5H3/t19-,22+/m0/s1. The van der Waals surface area contributed by atoms with Crippen molar-refractivity contribution in [2.75, 3.05) is 12.0 Å². The molecule has 1 aliphatic heterocycles. The number of nitrogens with zero attached hydrogens (tertiary/aromatic N) is 2. The van der Waals surface area contributed by atoms with Gasteiger partial charge in [0.25, 0.3) is 0 Å². The van der Waals surface area contributed by atoms with Gasteiger partial charge in [-0.1, -0.05) is 6.92 Å². The number of rotatable bonds is 4. The minimum absolute atomic E-state index is 0.0701. The predicted molar refractivity (Wildman–Crippen MR) is 136 cm³/mol. The number of anilines is 1. The zero-order valence-corrected chi connectivity index (χ0v) is 23.7. The Balaban J connectivity index is 2.24. The van der Waals surface area contributed by atoms with Gasteiger partial charge in [-0.3, -0.25) is 9.80 Å². The maximum atomic E-state index is 13.8. The van der Waals surface area contributed by atoms with Gasteiger partial charge in [-0.2, -0.15) is 39.5 Å². The van der Waals surface area contributed by atoms with Crippen LogP contribution >= 0.6 is 0 Å².